The number of carbonyl (C=O) groups excluding carboxylic acids is 1. The summed E-state index contributed by atoms with van der Waals surface area (Å²) in [5.74, 6) is -0.217. The van der Waals surface area contributed by atoms with Crippen LogP contribution in [0.25, 0.3) is 5.69 Å². The summed E-state index contributed by atoms with van der Waals surface area (Å²) in [5.41, 5.74) is 1.31. The highest BCUT2D eigenvalue weighted by atomic mass is 19.4. The van der Waals surface area contributed by atoms with Crippen LogP contribution >= 0.6 is 0 Å². The first-order valence-electron chi connectivity index (χ1n) is 8.16. The molecule has 140 valence electrons. The summed E-state index contributed by atoms with van der Waals surface area (Å²) in [6, 6.07) is 8.41. The minimum atomic E-state index is -4.36. The zero-order chi connectivity index (χ0) is 19.3. The fourth-order valence-corrected chi connectivity index (χ4v) is 2.39. The summed E-state index contributed by atoms with van der Waals surface area (Å²) < 4.78 is 39.1. The van der Waals surface area contributed by atoms with E-state index in [1.54, 1.807) is 29.3 Å². The second-order valence-corrected chi connectivity index (χ2v) is 5.84. The first-order valence-corrected chi connectivity index (χ1v) is 8.16. The zero-order valence-corrected chi connectivity index (χ0v) is 14.1. The van der Waals surface area contributed by atoms with Gasteiger partial charge >= 0.3 is 6.18 Å². The molecule has 0 saturated carbocycles. The van der Waals surface area contributed by atoms with Crippen LogP contribution in [0.15, 0.2) is 55.0 Å². The van der Waals surface area contributed by atoms with Crippen molar-refractivity contribution in [1.82, 2.24) is 25.3 Å². The molecule has 0 aliphatic carbocycles. The molecule has 27 heavy (non-hydrogen) atoms. The van der Waals surface area contributed by atoms with Gasteiger partial charge in [-0.1, -0.05) is 17.3 Å². The average Bonchev–Trinajstić information content (AvgIpc) is 3.14. The van der Waals surface area contributed by atoms with Crippen molar-refractivity contribution in [3.05, 3.63) is 71.8 Å². The molecule has 0 unspecified atom stereocenters. The molecule has 2 aromatic heterocycles. The number of nitrogens with zero attached hydrogens (tertiary/aromatic N) is 4. The molecule has 1 N–H and O–H groups in total. The third-order valence-electron chi connectivity index (χ3n) is 3.84. The zero-order valence-electron chi connectivity index (χ0n) is 14.1. The summed E-state index contributed by atoms with van der Waals surface area (Å²) in [6.45, 7) is 0.214. The Balaban J connectivity index is 1.47. The molecular weight excluding hydrogens is 359 g/mol. The van der Waals surface area contributed by atoms with Crippen LogP contribution in [0.4, 0.5) is 13.2 Å². The summed E-state index contributed by atoms with van der Waals surface area (Å²) in [6.07, 6.45) is 1.14. The minimum Gasteiger partial charge on any atom is -0.350 e. The molecule has 9 heteroatoms. The van der Waals surface area contributed by atoms with E-state index in [1.807, 2.05) is 6.07 Å². The number of aryl methyl sites for hydroxylation is 1. The maximum atomic E-state index is 12.5. The summed E-state index contributed by atoms with van der Waals surface area (Å²) in [5, 5.41) is 10.7. The van der Waals surface area contributed by atoms with Gasteiger partial charge in [0.05, 0.1) is 30.2 Å². The Morgan fingerprint density at radius 1 is 1.15 bits per heavy atom. The second-order valence-electron chi connectivity index (χ2n) is 5.84. The molecule has 3 aromatic rings. The lowest BCUT2D eigenvalue weighted by Gasteiger charge is -2.07. The lowest BCUT2D eigenvalue weighted by molar-refractivity contribution is -0.137. The fourth-order valence-electron chi connectivity index (χ4n) is 2.39. The second kappa shape index (κ2) is 7.98. The predicted octanol–water partition coefficient (Wildman–Crippen LogP) is 2.93. The third-order valence-corrected chi connectivity index (χ3v) is 3.84. The predicted molar refractivity (Wildman–Crippen MR) is 90.8 cm³/mol. The number of aromatic nitrogens is 4. The minimum absolute atomic E-state index is 0.169. The molecule has 0 radical (unpaired) electrons. The van der Waals surface area contributed by atoms with E-state index in [9.17, 15) is 18.0 Å². The largest absolute Gasteiger partial charge is 0.416 e. The van der Waals surface area contributed by atoms with Gasteiger partial charge in [-0.25, -0.2) is 4.68 Å². The number of nitrogens with one attached hydrogen (secondary N) is 1. The van der Waals surface area contributed by atoms with Crippen LogP contribution in [-0.2, 0) is 23.9 Å². The van der Waals surface area contributed by atoms with Gasteiger partial charge in [0, 0.05) is 12.6 Å². The van der Waals surface area contributed by atoms with Crippen LogP contribution in [0.1, 0.15) is 23.2 Å². The van der Waals surface area contributed by atoms with Gasteiger partial charge in [-0.2, -0.15) is 13.2 Å². The maximum Gasteiger partial charge on any atom is 0.416 e. The van der Waals surface area contributed by atoms with Crippen molar-refractivity contribution in [2.75, 3.05) is 0 Å². The number of carbonyl (C=O) groups is 1. The molecular formula is C18H16F3N5O. The van der Waals surface area contributed by atoms with Gasteiger partial charge < -0.3 is 5.32 Å². The van der Waals surface area contributed by atoms with E-state index in [0.717, 1.165) is 17.8 Å². The molecule has 0 spiro atoms. The molecule has 1 amide bonds. The van der Waals surface area contributed by atoms with Crippen LogP contribution in [0.3, 0.4) is 0 Å². The molecule has 2 heterocycles. The summed E-state index contributed by atoms with van der Waals surface area (Å²) in [7, 11) is 0. The number of halogens is 3. The quantitative estimate of drug-likeness (QED) is 0.719. The van der Waals surface area contributed by atoms with Gasteiger partial charge in [-0.3, -0.25) is 9.78 Å². The molecule has 1 aromatic carbocycles. The molecule has 6 nitrogen and oxygen atoms in total. The smallest absolute Gasteiger partial charge is 0.350 e. The van der Waals surface area contributed by atoms with Crippen LogP contribution in [0.5, 0.6) is 0 Å². The SMILES string of the molecule is O=C(CCc1ccc(C(F)(F)F)cc1)NCc1cn(-c2cccnc2)nn1. The Labute approximate surface area is 153 Å². The number of alkyl halides is 3. The Kier molecular flexibility index (Phi) is 5.49. The van der Waals surface area contributed by atoms with Crippen molar-refractivity contribution in [2.45, 2.75) is 25.6 Å². The molecule has 0 fully saturated rings. The van der Waals surface area contributed by atoms with Crippen molar-refractivity contribution in [2.24, 2.45) is 0 Å². The highest BCUT2D eigenvalue weighted by molar-refractivity contribution is 5.76. The Bertz CT molecular complexity index is 891. The van der Waals surface area contributed by atoms with Crippen molar-refractivity contribution < 1.29 is 18.0 Å². The lowest BCUT2D eigenvalue weighted by Crippen LogP contribution is -2.23. The van der Waals surface area contributed by atoms with Gasteiger partial charge in [-0.15, -0.1) is 5.10 Å². The van der Waals surface area contributed by atoms with Gasteiger partial charge in [0.15, 0.2) is 0 Å². The van der Waals surface area contributed by atoms with E-state index in [2.05, 4.69) is 20.6 Å². The van der Waals surface area contributed by atoms with Crippen molar-refractivity contribution in [1.29, 1.82) is 0 Å². The topological polar surface area (TPSA) is 72.7 Å². The molecule has 0 aliphatic heterocycles. The Hall–Kier alpha value is -3.23. The van der Waals surface area contributed by atoms with Crippen molar-refractivity contribution >= 4 is 5.91 Å². The third kappa shape index (κ3) is 5.13. The number of amides is 1. The van der Waals surface area contributed by atoms with E-state index < -0.39 is 11.7 Å². The van der Waals surface area contributed by atoms with Crippen LogP contribution in [0, 0.1) is 0 Å². The van der Waals surface area contributed by atoms with Crippen molar-refractivity contribution in [3.63, 3.8) is 0 Å². The average molecular weight is 375 g/mol. The maximum absolute atomic E-state index is 12.5. The molecule has 0 atom stereocenters. The Morgan fingerprint density at radius 3 is 2.59 bits per heavy atom. The van der Waals surface area contributed by atoms with E-state index in [0.29, 0.717) is 17.7 Å². The standard InChI is InChI=1S/C18H16F3N5O/c19-18(20,21)14-6-3-13(4-7-14)5-8-17(27)23-10-15-12-26(25-24-15)16-2-1-9-22-11-16/h1-4,6-7,9,11-12H,5,8,10H2,(H,23,27). The molecule has 0 saturated heterocycles. The van der Waals surface area contributed by atoms with Crippen molar-refractivity contribution in [3.8, 4) is 5.69 Å². The van der Waals surface area contributed by atoms with E-state index >= 15 is 0 Å². The molecule has 0 bridgehead atoms. The monoisotopic (exact) mass is 375 g/mol. The van der Waals surface area contributed by atoms with E-state index in [-0.39, 0.29) is 18.9 Å². The number of pyridine rings is 1. The number of hydrogen-bond acceptors (Lipinski definition) is 4. The van der Waals surface area contributed by atoms with Gasteiger partial charge in [0.25, 0.3) is 0 Å². The normalized spacial score (nSPS) is 11.4. The first-order chi connectivity index (χ1) is 12.9. The summed E-state index contributed by atoms with van der Waals surface area (Å²) in [4.78, 5) is 15.9. The lowest BCUT2D eigenvalue weighted by atomic mass is 10.1. The van der Waals surface area contributed by atoms with E-state index in [4.69, 9.17) is 0 Å². The molecule has 3 rings (SSSR count). The van der Waals surface area contributed by atoms with Crippen LogP contribution in [-0.4, -0.2) is 25.9 Å². The number of rotatable bonds is 6. The van der Waals surface area contributed by atoms with Crippen LogP contribution in [0.2, 0.25) is 0 Å². The first kappa shape index (κ1) is 18.6. The fraction of sp³-hybridized carbons (Fsp3) is 0.222. The highest BCUT2D eigenvalue weighted by Gasteiger charge is 2.29. The highest BCUT2D eigenvalue weighted by Crippen LogP contribution is 2.29. The Morgan fingerprint density at radius 2 is 1.93 bits per heavy atom. The number of hydrogen-bond donors (Lipinski definition) is 1. The van der Waals surface area contributed by atoms with E-state index in [1.165, 1.54) is 12.1 Å². The molecule has 0 aliphatic rings. The van der Waals surface area contributed by atoms with Gasteiger partial charge in [-0.05, 0) is 36.2 Å². The summed E-state index contributed by atoms with van der Waals surface area (Å²) >= 11 is 0. The van der Waals surface area contributed by atoms with Crippen LogP contribution < -0.4 is 5.32 Å². The number of benzene rings is 1. The van der Waals surface area contributed by atoms with Gasteiger partial charge in [0.1, 0.15) is 5.69 Å². The van der Waals surface area contributed by atoms with Gasteiger partial charge in [0.2, 0.25) is 5.91 Å².